The van der Waals surface area contributed by atoms with Crippen molar-refractivity contribution in [1.82, 2.24) is 10.4 Å². The molecule has 0 spiro atoms. The number of carbonyl (C=O) groups excluding carboxylic acids is 2. The summed E-state index contributed by atoms with van der Waals surface area (Å²) in [5.41, 5.74) is 4.18. The van der Waals surface area contributed by atoms with Gasteiger partial charge in [-0.05, 0) is 12.5 Å². The second kappa shape index (κ2) is 23.6. The molecule has 0 aliphatic rings. The van der Waals surface area contributed by atoms with Crippen molar-refractivity contribution in [3.05, 3.63) is 29.8 Å². The molecule has 0 aliphatic heterocycles. The molecule has 0 unspecified atom stereocenters. The number of benzene rings is 1. The molecule has 1 rings (SSSR count). The molecular formula is C29H52ClN3O3. The van der Waals surface area contributed by atoms with Crippen molar-refractivity contribution in [1.29, 1.82) is 0 Å². The first-order valence-corrected chi connectivity index (χ1v) is 14.0. The molecule has 1 aromatic carbocycles. The van der Waals surface area contributed by atoms with Crippen LogP contribution in [0.2, 0.25) is 0 Å². The van der Waals surface area contributed by atoms with Crippen LogP contribution in [0.25, 0.3) is 0 Å². The van der Waals surface area contributed by atoms with Gasteiger partial charge >= 0.3 is 6.09 Å². The van der Waals surface area contributed by atoms with Gasteiger partial charge in [-0.3, -0.25) is 10.2 Å². The molecule has 1 N–H and O–H groups in total. The summed E-state index contributed by atoms with van der Waals surface area (Å²) in [5.74, 6) is 0. The maximum absolute atomic E-state index is 11.8. The fourth-order valence-electron chi connectivity index (χ4n) is 4.33. The Morgan fingerprint density at radius 2 is 1.28 bits per heavy atom. The zero-order valence-corrected chi connectivity index (χ0v) is 24.0. The molecule has 0 radical (unpaired) electrons. The van der Waals surface area contributed by atoms with E-state index < -0.39 is 6.09 Å². The Kier molecular flexibility index (Phi) is 22.4. The largest absolute Gasteiger partial charge is 0.444 e. The average Bonchev–Trinajstić information content (AvgIpc) is 2.85. The highest BCUT2D eigenvalue weighted by Gasteiger charge is 2.12. The van der Waals surface area contributed by atoms with Crippen LogP contribution in [-0.4, -0.2) is 38.2 Å². The summed E-state index contributed by atoms with van der Waals surface area (Å²) in [6.45, 7) is 3.08. The number of halogens is 1. The topological polar surface area (TPSA) is 61.9 Å². The smallest absolute Gasteiger partial charge is 0.422 e. The van der Waals surface area contributed by atoms with Crippen molar-refractivity contribution in [3.8, 4) is 0 Å². The Balaban J connectivity index is 0.0000122. The number of hydrogen-bond donors (Lipinski definition) is 1. The molecule has 208 valence electrons. The summed E-state index contributed by atoms with van der Waals surface area (Å²) in [5, 5.41) is 1.53. The van der Waals surface area contributed by atoms with Gasteiger partial charge in [0.2, 0.25) is 6.41 Å². The van der Waals surface area contributed by atoms with E-state index in [0.29, 0.717) is 6.54 Å². The molecule has 0 saturated carbocycles. The minimum atomic E-state index is -0.514. The van der Waals surface area contributed by atoms with E-state index in [-0.39, 0.29) is 19.0 Å². The molecule has 7 heteroatoms. The van der Waals surface area contributed by atoms with Crippen molar-refractivity contribution in [2.24, 2.45) is 0 Å². The summed E-state index contributed by atoms with van der Waals surface area (Å²) in [6.07, 6.45) is 21.7. The zero-order chi connectivity index (χ0) is 25.6. The quantitative estimate of drug-likeness (QED) is 0.0944. The van der Waals surface area contributed by atoms with Gasteiger partial charge in [0.1, 0.15) is 6.61 Å². The fraction of sp³-hybridized carbons (Fsp3) is 0.724. The Labute approximate surface area is 226 Å². The molecule has 0 aromatic heterocycles. The Hall–Kier alpha value is -1.79. The first-order valence-electron chi connectivity index (χ1n) is 14.0. The predicted octanol–water partition coefficient (Wildman–Crippen LogP) is 8.04. The normalized spacial score (nSPS) is 10.7. The molecule has 0 aliphatic carbocycles. The van der Waals surface area contributed by atoms with Crippen LogP contribution in [0.5, 0.6) is 0 Å². The van der Waals surface area contributed by atoms with Gasteiger partial charge in [-0.1, -0.05) is 121 Å². The van der Waals surface area contributed by atoms with Crippen LogP contribution in [0.15, 0.2) is 24.3 Å². The maximum atomic E-state index is 11.8. The van der Waals surface area contributed by atoms with E-state index in [4.69, 9.17) is 4.74 Å². The van der Waals surface area contributed by atoms with Crippen LogP contribution in [0.4, 0.5) is 10.5 Å². The van der Waals surface area contributed by atoms with E-state index in [1.807, 2.05) is 24.3 Å². The number of nitrogens with zero attached hydrogens (tertiary/aromatic N) is 2. The van der Waals surface area contributed by atoms with Gasteiger partial charge in [0.05, 0.1) is 0 Å². The number of para-hydroxylation sites is 1. The third kappa shape index (κ3) is 17.6. The van der Waals surface area contributed by atoms with E-state index in [9.17, 15) is 9.59 Å². The number of carbonyl (C=O) groups is 2. The lowest BCUT2D eigenvalue weighted by Crippen LogP contribution is -2.36. The van der Waals surface area contributed by atoms with E-state index in [1.165, 1.54) is 94.9 Å². The average molecular weight is 526 g/mol. The van der Waals surface area contributed by atoms with E-state index in [0.717, 1.165) is 30.5 Å². The lowest BCUT2D eigenvalue weighted by Gasteiger charge is -2.21. The van der Waals surface area contributed by atoms with Crippen LogP contribution in [0.1, 0.15) is 115 Å². The van der Waals surface area contributed by atoms with Gasteiger partial charge in [-0.2, -0.15) is 0 Å². The zero-order valence-electron chi connectivity index (χ0n) is 23.1. The summed E-state index contributed by atoms with van der Waals surface area (Å²) in [4.78, 5) is 25.2. The summed E-state index contributed by atoms with van der Waals surface area (Å²) < 4.78 is 5.27. The van der Waals surface area contributed by atoms with E-state index >= 15 is 0 Å². The van der Waals surface area contributed by atoms with Gasteiger partial charge in [-0.15, -0.1) is 12.4 Å². The number of hydrogen-bond acceptors (Lipinski definition) is 4. The van der Waals surface area contributed by atoms with Crippen LogP contribution in [0, 0.1) is 0 Å². The number of ether oxygens (including phenoxy) is 1. The number of amides is 2. The Morgan fingerprint density at radius 1 is 0.806 bits per heavy atom. The molecule has 0 fully saturated rings. The lowest BCUT2D eigenvalue weighted by molar-refractivity contribution is -0.107. The van der Waals surface area contributed by atoms with Gasteiger partial charge in [0.15, 0.2) is 0 Å². The van der Waals surface area contributed by atoms with Crippen molar-refractivity contribution in [3.63, 3.8) is 0 Å². The summed E-state index contributed by atoms with van der Waals surface area (Å²) in [7, 11) is 3.45. The number of unbranched alkanes of at least 4 members (excludes halogenated alkanes) is 15. The molecular weight excluding hydrogens is 474 g/mol. The summed E-state index contributed by atoms with van der Waals surface area (Å²) >= 11 is 0. The number of rotatable bonds is 22. The van der Waals surface area contributed by atoms with Gasteiger partial charge in [0.25, 0.3) is 0 Å². The second-order valence-corrected chi connectivity index (χ2v) is 9.81. The molecule has 0 heterocycles. The van der Waals surface area contributed by atoms with Crippen molar-refractivity contribution < 1.29 is 14.3 Å². The highest BCUT2D eigenvalue weighted by Crippen LogP contribution is 2.21. The van der Waals surface area contributed by atoms with Crippen LogP contribution in [0.3, 0.4) is 0 Å². The van der Waals surface area contributed by atoms with Gasteiger partial charge in [0, 0.05) is 31.9 Å². The first kappa shape index (κ1) is 34.2. The lowest BCUT2D eigenvalue weighted by atomic mass is 10.0. The highest BCUT2D eigenvalue weighted by atomic mass is 35.5. The molecule has 0 atom stereocenters. The SMILES string of the molecule is CCCCCCCCCCCCCCCCCCN(C=O)c1ccccc1COC(=O)NN(C)C.Cl. The predicted molar refractivity (Wildman–Crippen MR) is 154 cm³/mol. The first-order chi connectivity index (χ1) is 17.1. The van der Waals surface area contributed by atoms with Gasteiger partial charge in [-0.25, -0.2) is 9.80 Å². The minimum absolute atomic E-state index is 0. The van der Waals surface area contributed by atoms with Crippen LogP contribution >= 0.6 is 12.4 Å². The second-order valence-electron chi connectivity index (χ2n) is 9.81. The standard InChI is InChI=1S/C29H51N3O3.ClH/c1-4-5-6-7-8-9-10-11-12-13-14-15-16-17-18-21-24-32(26-33)28-23-20-19-22-27(28)25-35-29(34)30-31(2)3;/h19-20,22-23,26H,4-18,21,24-25H2,1-3H3,(H,30,34);1H. The van der Waals surface area contributed by atoms with Crippen molar-refractivity contribution in [2.45, 2.75) is 116 Å². The van der Waals surface area contributed by atoms with E-state index in [2.05, 4.69) is 12.3 Å². The third-order valence-corrected chi connectivity index (χ3v) is 6.35. The minimum Gasteiger partial charge on any atom is -0.444 e. The number of nitrogens with one attached hydrogen (secondary N) is 1. The summed E-state index contributed by atoms with van der Waals surface area (Å²) in [6, 6.07) is 7.60. The Bertz CT molecular complexity index is 673. The molecule has 2 amide bonds. The van der Waals surface area contributed by atoms with Crippen molar-refractivity contribution >= 4 is 30.6 Å². The monoisotopic (exact) mass is 525 g/mol. The van der Waals surface area contributed by atoms with E-state index in [1.54, 1.807) is 19.0 Å². The molecule has 36 heavy (non-hydrogen) atoms. The van der Waals surface area contributed by atoms with Crippen LogP contribution in [-0.2, 0) is 16.1 Å². The molecule has 1 aromatic rings. The number of anilines is 1. The van der Waals surface area contributed by atoms with Crippen molar-refractivity contribution in [2.75, 3.05) is 25.5 Å². The molecule has 6 nitrogen and oxygen atoms in total. The Morgan fingerprint density at radius 3 is 1.75 bits per heavy atom. The highest BCUT2D eigenvalue weighted by molar-refractivity contribution is 5.85. The van der Waals surface area contributed by atoms with Crippen LogP contribution < -0.4 is 10.3 Å². The molecule has 0 saturated heterocycles. The molecule has 0 bridgehead atoms. The third-order valence-electron chi connectivity index (χ3n) is 6.35. The maximum Gasteiger partial charge on any atom is 0.422 e. The number of hydrazine groups is 1. The fourth-order valence-corrected chi connectivity index (χ4v) is 4.33. The van der Waals surface area contributed by atoms with Gasteiger partial charge < -0.3 is 9.64 Å².